The lowest BCUT2D eigenvalue weighted by Crippen LogP contribution is -2.42. The van der Waals surface area contributed by atoms with Crippen LogP contribution in [-0.4, -0.2) is 47.5 Å². The molecule has 2 N–H and O–H groups in total. The summed E-state index contributed by atoms with van der Waals surface area (Å²) in [6, 6.07) is 9.99. The Balaban J connectivity index is 1.27. The van der Waals surface area contributed by atoms with E-state index < -0.39 is 5.97 Å². The first kappa shape index (κ1) is 19.0. The number of carboxylic acid groups (broad SMARTS) is 1. The van der Waals surface area contributed by atoms with Crippen LogP contribution in [0.15, 0.2) is 47.1 Å². The van der Waals surface area contributed by atoms with Gasteiger partial charge in [0.1, 0.15) is 5.75 Å². The lowest BCUT2D eigenvalue weighted by molar-refractivity contribution is -0.140. The average molecular weight is 398 g/mol. The fourth-order valence-electron chi connectivity index (χ4n) is 3.95. The predicted molar refractivity (Wildman–Crippen MR) is 103 cm³/mol. The van der Waals surface area contributed by atoms with E-state index in [0.29, 0.717) is 24.5 Å². The summed E-state index contributed by atoms with van der Waals surface area (Å²) in [5.41, 5.74) is 0.425. The van der Waals surface area contributed by atoms with Crippen molar-refractivity contribution in [3.05, 3.63) is 48.4 Å². The number of ether oxygens (including phenoxy) is 1. The van der Waals surface area contributed by atoms with Gasteiger partial charge in [-0.2, -0.15) is 0 Å². The summed E-state index contributed by atoms with van der Waals surface area (Å²) < 4.78 is 10.7. The number of benzene rings is 1. The number of nitrogens with zero attached hydrogens (tertiary/aromatic N) is 1. The summed E-state index contributed by atoms with van der Waals surface area (Å²) >= 11 is 0. The van der Waals surface area contributed by atoms with Gasteiger partial charge in [-0.25, -0.2) is 0 Å². The van der Waals surface area contributed by atoms with E-state index >= 15 is 0 Å². The van der Waals surface area contributed by atoms with E-state index in [1.807, 2.05) is 0 Å². The van der Waals surface area contributed by atoms with E-state index in [4.69, 9.17) is 14.3 Å². The number of carbonyl (C=O) groups excluding carboxylic acids is 2. The molecule has 1 saturated carbocycles. The summed E-state index contributed by atoms with van der Waals surface area (Å²) in [6.45, 7) is 1.02. The van der Waals surface area contributed by atoms with Gasteiger partial charge in [-0.05, 0) is 48.9 Å². The van der Waals surface area contributed by atoms with E-state index in [-0.39, 0.29) is 35.5 Å². The Hall–Kier alpha value is -3.29. The second-order valence-electron chi connectivity index (χ2n) is 7.59. The smallest absolute Gasteiger partial charge is 0.307 e. The number of hydrogen-bond acceptors (Lipinski definition) is 5. The van der Waals surface area contributed by atoms with Crippen LogP contribution in [0.25, 0.3) is 0 Å². The Morgan fingerprint density at radius 1 is 1.21 bits per heavy atom. The summed E-state index contributed by atoms with van der Waals surface area (Å²) in [7, 11) is 0. The highest BCUT2D eigenvalue weighted by atomic mass is 16.5. The number of anilines is 1. The first-order chi connectivity index (χ1) is 14.0. The molecular formula is C21H22N2O6. The summed E-state index contributed by atoms with van der Waals surface area (Å²) in [5, 5.41) is 11.9. The minimum atomic E-state index is -0.730. The quantitative estimate of drug-likeness (QED) is 0.774. The van der Waals surface area contributed by atoms with Gasteiger partial charge in [-0.15, -0.1) is 0 Å². The molecule has 8 nitrogen and oxygen atoms in total. The second-order valence-corrected chi connectivity index (χ2v) is 7.59. The minimum Gasteiger partial charge on any atom is -0.484 e. The van der Waals surface area contributed by atoms with Crippen molar-refractivity contribution in [2.45, 2.75) is 19.3 Å². The monoisotopic (exact) mass is 398 g/mol. The molecule has 0 radical (unpaired) electrons. The molecule has 1 saturated heterocycles. The summed E-state index contributed by atoms with van der Waals surface area (Å²) in [4.78, 5) is 37.3. The van der Waals surface area contributed by atoms with E-state index in [2.05, 4.69) is 5.32 Å². The van der Waals surface area contributed by atoms with Crippen LogP contribution in [0.2, 0.25) is 0 Å². The third-order valence-electron chi connectivity index (χ3n) is 5.80. The molecule has 2 heterocycles. The first-order valence-electron chi connectivity index (χ1n) is 9.55. The van der Waals surface area contributed by atoms with Gasteiger partial charge < -0.3 is 24.5 Å². The van der Waals surface area contributed by atoms with Crippen molar-refractivity contribution in [1.29, 1.82) is 0 Å². The van der Waals surface area contributed by atoms with Crippen molar-refractivity contribution in [2.75, 3.05) is 25.0 Å². The topological polar surface area (TPSA) is 109 Å². The molecule has 1 spiro atoms. The molecule has 152 valence electrons. The van der Waals surface area contributed by atoms with Crippen molar-refractivity contribution in [2.24, 2.45) is 11.3 Å². The van der Waals surface area contributed by atoms with Crippen LogP contribution in [-0.2, 0) is 9.59 Å². The molecular weight excluding hydrogens is 376 g/mol. The van der Waals surface area contributed by atoms with Crippen LogP contribution in [0.5, 0.6) is 5.75 Å². The fraction of sp³-hybridized carbons (Fsp3) is 0.381. The van der Waals surface area contributed by atoms with Gasteiger partial charge in [0.25, 0.3) is 11.8 Å². The van der Waals surface area contributed by atoms with Crippen molar-refractivity contribution >= 4 is 23.5 Å². The number of piperidine rings is 1. The third-order valence-corrected chi connectivity index (χ3v) is 5.80. The van der Waals surface area contributed by atoms with Crippen LogP contribution in [0.3, 0.4) is 0 Å². The predicted octanol–water partition coefficient (Wildman–Crippen LogP) is 2.62. The third kappa shape index (κ3) is 4.11. The van der Waals surface area contributed by atoms with Gasteiger partial charge in [0, 0.05) is 24.8 Å². The Morgan fingerprint density at radius 3 is 2.66 bits per heavy atom. The number of amides is 2. The highest BCUT2D eigenvalue weighted by Crippen LogP contribution is 2.59. The van der Waals surface area contributed by atoms with Crippen molar-refractivity contribution in [1.82, 2.24) is 4.90 Å². The maximum atomic E-state index is 12.4. The number of hydrogen-bond donors (Lipinski definition) is 2. The molecule has 8 heteroatoms. The molecule has 1 atom stereocenters. The molecule has 1 aromatic heterocycles. The van der Waals surface area contributed by atoms with Crippen LogP contribution in [0.1, 0.15) is 29.8 Å². The molecule has 2 aliphatic rings. The van der Waals surface area contributed by atoms with Gasteiger partial charge >= 0.3 is 5.97 Å². The molecule has 2 amide bonds. The van der Waals surface area contributed by atoms with E-state index in [1.54, 1.807) is 41.3 Å². The molecule has 1 unspecified atom stereocenters. The first-order valence-corrected chi connectivity index (χ1v) is 9.55. The summed E-state index contributed by atoms with van der Waals surface area (Å²) in [5.74, 6) is -0.808. The zero-order valence-electron chi connectivity index (χ0n) is 15.8. The number of likely N-dealkylation sites (tertiary alicyclic amines) is 1. The van der Waals surface area contributed by atoms with Crippen molar-refractivity contribution < 1.29 is 28.6 Å². The fourth-order valence-corrected chi connectivity index (χ4v) is 3.95. The minimum absolute atomic E-state index is 0.106. The van der Waals surface area contributed by atoms with Crippen molar-refractivity contribution in [3.8, 4) is 5.75 Å². The Kier molecular flexibility index (Phi) is 5.00. The largest absolute Gasteiger partial charge is 0.484 e. The van der Waals surface area contributed by atoms with Crippen LogP contribution in [0.4, 0.5) is 5.69 Å². The maximum Gasteiger partial charge on any atom is 0.307 e. The molecule has 1 aliphatic heterocycles. The molecule has 1 aliphatic carbocycles. The van der Waals surface area contributed by atoms with E-state index in [0.717, 1.165) is 19.3 Å². The van der Waals surface area contributed by atoms with Gasteiger partial charge in [-0.1, -0.05) is 6.07 Å². The highest BCUT2D eigenvalue weighted by Gasteiger charge is 2.59. The number of carboxylic acids is 1. The van der Waals surface area contributed by atoms with Crippen LogP contribution >= 0.6 is 0 Å². The standard InChI is InChI=1S/C21H22N2O6/c24-18(23-8-6-21(7-9-23)12-16(21)20(26)27)13-29-15-4-1-3-14(11-15)22-19(25)17-5-2-10-28-17/h1-5,10-11,16H,6-9,12-13H2,(H,22,25)(H,26,27). The number of nitrogens with one attached hydrogen (secondary N) is 1. The maximum absolute atomic E-state index is 12.4. The molecule has 2 fully saturated rings. The van der Waals surface area contributed by atoms with Gasteiger partial charge in [0.15, 0.2) is 12.4 Å². The van der Waals surface area contributed by atoms with Gasteiger partial charge in [-0.3, -0.25) is 14.4 Å². The van der Waals surface area contributed by atoms with E-state index in [9.17, 15) is 14.4 Å². The molecule has 29 heavy (non-hydrogen) atoms. The van der Waals surface area contributed by atoms with Gasteiger partial charge in [0.2, 0.25) is 0 Å². The number of furan rings is 1. The Morgan fingerprint density at radius 2 is 2.00 bits per heavy atom. The Labute approximate surface area is 167 Å². The van der Waals surface area contributed by atoms with Crippen LogP contribution in [0, 0.1) is 11.3 Å². The van der Waals surface area contributed by atoms with Crippen LogP contribution < -0.4 is 10.1 Å². The second kappa shape index (κ2) is 7.62. The molecule has 1 aromatic carbocycles. The lowest BCUT2D eigenvalue weighted by atomic mass is 9.91. The zero-order valence-corrected chi connectivity index (χ0v) is 15.8. The number of aliphatic carboxylic acids is 1. The Bertz CT molecular complexity index is 915. The molecule has 2 aromatic rings. The number of carbonyl (C=O) groups is 3. The average Bonchev–Trinajstić information content (AvgIpc) is 3.14. The molecule has 0 bridgehead atoms. The highest BCUT2D eigenvalue weighted by molar-refractivity contribution is 6.02. The summed E-state index contributed by atoms with van der Waals surface area (Å²) in [6.07, 6.45) is 3.60. The van der Waals surface area contributed by atoms with E-state index in [1.165, 1.54) is 6.26 Å². The normalized spacial score (nSPS) is 19.6. The SMILES string of the molecule is O=C(Nc1cccc(OCC(=O)N2CCC3(CC2)CC3C(=O)O)c1)c1ccco1. The van der Waals surface area contributed by atoms with Crippen molar-refractivity contribution in [3.63, 3.8) is 0 Å². The lowest BCUT2D eigenvalue weighted by Gasteiger charge is -2.32. The number of rotatable bonds is 6. The molecule has 4 rings (SSSR count). The zero-order chi connectivity index (χ0) is 20.4. The van der Waals surface area contributed by atoms with Gasteiger partial charge in [0.05, 0.1) is 12.2 Å².